The highest BCUT2D eigenvalue weighted by molar-refractivity contribution is 5.87. The summed E-state index contributed by atoms with van der Waals surface area (Å²) in [5, 5.41) is 4.57. The first-order valence-electron chi connectivity index (χ1n) is 7.36. The van der Waals surface area contributed by atoms with Crippen molar-refractivity contribution in [2.45, 2.75) is 19.6 Å². The molecule has 25 heavy (non-hydrogen) atoms. The molecule has 0 amide bonds. The van der Waals surface area contributed by atoms with Crippen molar-refractivity contribution in [3.63, 3.8) is 0 Å². The molecule has 3 rings (SSSR count). The average molecular weight is 349 g/mol. The van der Waals surface area contributed by atoms with Crippen LogP contribution < -0.4 is 0 Å². The summed E-state index contributed by atoms with van der Waals surface area (Å²) in [5.41, 5.74) is 0.933. The molecule has 5 nitrogen and oxygen atoms in total. The Kier molecular flexibility index (Phi) is 4.20. The summed E-state index contributed by atoms with van der Waals surface area (Å²) in [4.78, 5) is 15.8. The van der Waals surface area contributed by atoms with E-state index >= 15 is 0 Å². The van der Waals surface area contributed by atoms with Gasteiger partial charge in [-0.3, -0.25) is 9.67 Å². The molecule has 0 spiro atoms. The maximum atomic E-state index is 13.2. The molecule has 1 aromatic carbocycles. The standard InChI is InChI=1S/C17H14F3N3O2/c1-10-5-12-6-11(3-4-13(12)21-8-10)9-23-15(17(18,19)20)7-14(22-23)16(24)25-2/h3-8H,9H2,1-2H3. The molecule has 2 aromatic heterocycles. The number of benzene rings is 1. The molecule has 0 aliphatic carbocycles. The zero-order chi connectivity index (χ0) is 18.2. The van der Waals surface area contributed by atoms with Crippen LogP contribution in [0.25, 0.3) is 10.9 Å². The number of fused-ring (bicyclic) bond motifs is 1. The second-order valence-electron chi connectivity index (χ2n) is 5.60. The fraction of sp³-hybridized carbons (Fsp3) is 0.235. The van der Waals surface area contributed by atoms with Gasteiger partial charge in [-0.1, -0.05) is 6.07 Å². The Labute approximate surface area is 141 Å². The molecule has 3 aromatic rings. The number of aryl methyl sites for hydroxylation is 1. The molecule has 0 unspecified atom stereocenters. The average Bonchev–Trinajstić information content (AvgIpc) is 2.98. The molecular formula is C17H14F3N3O2. The third-order valence-corrected chi connectivity index (χ3v) is 3.68. The van der Waals surface area contributed by atoms with Crippen LogP contribution in [0.3, 0.4) is 0 Å². The summed E-state index contributed by atoms with van der Waals surface area (Å²) >= 11 is 0. The lowest BCUT2D eigenvalue weighted by Gasteiger charge is -2.10. The van der Waals surface area contributed by atoms with Gasteiger partial charge in [-0.15, -0.1) is 0 Å². The van der Waals surface area contributed by atoms with Gasteiger partial charge in [-0.25, -0.2) is 4.79 Å². The zero-order valence-corrected chi connectivity index (χ0v) is 13.5. The van der Waals surface area contributed by atoms with E-state index in [9.17, 15) is 18.0 Å². The van der Waals surface area contributed by atoms with E-state index in [4.69, 9.17) is 0 Å². The first-order chi connectivity index (χ1) is 11.8. The number of rotatable bonds is 3. The molecule has 0 fully saturated rings. The quantitative estimate of drug-likeness (QED) is 0.678. The van der Waals surface area contributed by atoms with Crippen LogP contribution in [0.1, 0.15) is 27.3 Å². The Morgan fingerprint density at radius 3 is 2.68 bits per heavy atom. The molecule has 0 bridgehead atoms. The predicted molar refractivity (Wildman–Crippen MR) is 84.2 cm³/mol. The van der Waals surface area contributed by atoms with Gasteiger partial charge in [0.2, 0.25) is 0 Å². The highest BCUT2D eigenvalue weighted by atomic mass is 19.4. The normalized spacial score (nSPS) is 11.7. The van der Waals surface area contributed by atoms with E-state index in [0.29, 0.717) is 11.6 Å². The van der Waals surface area contributed by atoms with Gasteiger partial charge in [-0.05, 0) is 36.2 Å². The number of aromatic nitrogens is 3. The molecule has 0 N–H and O–H groups in total. The number of hydrogen-bond donors (Lipinski definition) is 0. The molecule has 0 atom stereocenters. The van der Waals surface area contributed by atoms with E-state index < -0.39 is 17.8 Å². The minimum absolute atomic E-state index is 0.129. The summed E-state index contributed by atoms with van der Waals surface area (Å²) in [6.07, 6.45) is -2.91. The van der Waals surface area contributed by atoms with Gasteiger partial charge in [-0.2, -0.15) is 18.3 Å². The maximum absolute atomic E-state index is 13.2. The van der Waals surface area contributed by atoms with Crippen molar-refractivity contribution in [1.29, 1.82) is 0 Å². The van der Waals surface area contributed by atoms with Gasteiger partial charge in [0.15, 0.2) is 5.69 Å². The van der Waals surface area contributed by atoms with Gasteiger partial charge in [0.25, 0.3) is 0 Å². The lowest BCUT2D eigenvalue weighted by atomic mass is 10.1. The minimum atomic E-state index is -4.63. The summed E-state index contributed by atoms with van der Waals surface area (Å²) in [7, 11) is 1.09. The molecule has 8 heteroatoms. The lowest BCUT2D eigenvalue weighted by molar-refractivity contribution is -0.144. The van der Waals surface area contributed by atoms with Crippen molar-refractivity contribution in [3.8, 4) is 0 Å². The molecule has 0 saturated heterocycles. The molecule has 130 valence electrons. The monoisotopic (exact) mass is 349 g/mol. The van der Waals surface area contributed by atoms with Crippen LogP contribution in [-0.4, -0.2) is 27.8 Å². The number of esters is 1. The first kappa shape index (κ1) is 16.9. The van der Waals surface area contributed by atoms with Gasteiger partial charge in [0, 0.05) is 17.6 Å². The zero-order valence-electron chi connectivity index (χ0n) is 13.5. The fourth-order valence-corrected chi connectivity index (χ4v) is 2.53. The largest absolute Gasteiger partial charge is 0.464 e. The molecule has 2 heterocycles. The Balaban J connectivity index is 2.01. The van der Waals surface area contributed by atoms with Gasteiger partial charge in [0.05, 0.1) is 19.2 Å². The van der Waals surface area contributed by atoms with Crippen LogP contribution in [0.5, 0.6) is 0 Å². The third-order valence-electron chi connectivity index (χ3n) is 3.68. The number of hydrogen-bond acceptors (Lipinski definition) is 4. The second-order valence-corrected chi connectivity index (χ2v) is 5.60. The number of carbonyl (C=O) groups is 1. The van der Waals surface area contributed by atoms with Crippen LogP contribution in [0.2, 0.25) is 0 Å². The molecule has 0 aliphatic rings. The maximum Gasteiger partial charge on any atom is 0.433 e. The Hall–Kier alpha value is -2.90. The Bertz CT molecular complexity index is 948. The first-order valence-corrected chi connectivity index (χ1v) is 7.36. The van der Waals surface area contributed by atoms with Crippen LogP contribution in [-0.2, 0) is 17.5 Å². The number of pyridine rings is 1. The van der Waals surface area contributed by atoms with E-state index in [2.05, 4.69) is 14.8 Å². The van der Waals surface area contributed by atoms with E-state index in [-0.39, 0.29) is 12.2 Å². The Morgan fingerprint density at radius 2 is 2.00 bits per heavy atom. The van der Waals surface area contributed by atoms with Crippen molar-refractivity contribution in [1.82, 2.24) is 14.8 Å². The van der Waals surface area contributed by atoms with Gasteiger partial charge >= 0.3 is 12.1 Å². The van der Waals surface area contributed by atoms with Crippen molar-refractivity contribution in [2.24, 2.45) is 0 Å². The summed E-state index contributed by atoms with van der Waals surface area (Å²) in [6, 6.07) is 7.78. The fourth-order valence-electron chi connectivity index (χ4n) is 2.53. The summed E-state index contributed by atoms with van der Waals surface area (Å²) < 4.78 is 44.9. The number of nitrogens with zero attached hydrogens (tertiary/aromatic N) is 3. The van der Waals surface area contributed by atoms with Crippen LogP contribution in [0, 0.1) is 6.92 Å². The van der Waals surface area contributed by atoms with Crippen molar-refractivity contribution in [3.05, 3.63) is 59.0 Å². The Morgan fingerprint density at radius 1 is 1.24 bits per heavy atom. The van der Waals surface area contributed by atoms with E-state index in [0.717, 1.165) is 28.3 Å². The van der Waals surface area contributed by atoms with E-state index in [1.807, 2.05) is 13.0 Å². The number of ether oxygens (including phenoxy) is 1. The summed E-state index contributed by atoms with van der Waals surface area (Å²) in [5.74, 6) is -0.914. The third kappa shape index (κ3) is 3.47. The SMILES string of the molecule is COC(=O)c1cc(C(F)(F)F)n(Cc2ccc3ncc(C)cc3c2)n1. The molecular weight excluding hydrogens is 335 g/mol. The molecule has 0 saturated carbocycles. The minimum Gasteiger partial charge on any atom is -0.464 e. The second kappa shape index (κ2) is 6.19. The smallest absolute Gasteiger partial charge is 0.433 e. The van der Waals surface area contributed by atoms with E-state index in [1.165, 1.54) is 0 Å². The van der Waals surface area contributed by atoms with Crippen molar-refractivity contribution >= 4 is 16.9 Å². The number of alkyl halides is 3. The molecule has 0 radical (unpaired) electrons. The van der Waals surface area contributed by atoms with Crippen molar-refractivity contribution in [2.75, 3.05) is 7.11 Å². The molecule has 0 aliphatic heterocycles. The summed E-state index contributed by atoms with van der Waals surface area (Å²) in [6.45, 7) is 1.76. The number of carbonyl (C=O) groups excluding carboxylic acids is 1. The van der Waals surface area contributed by atoms with Crippen LogP contribution in [0.4, 0.5) is 13.2 Å². The van der Waals surface area contributed by atoms with Gasteiger partial charge < -0.3 is 4.74 Å². The highest BCUT2D eigenvalue weighted by Crippen LogP contribution is 2.30. The van der Waals surface area contributed by atoms with Crippen molar-refractivity contribution < 1.29 is 22.7 Å². The lowest BCUT2D eigenvalue weighted by Crippen LogP contribution is -2.15. The van der Waals surface area contributed by atoms with Crippen LogP contribution in [0.15, 0.2) is 36.5 Å². The number of methoxy groups -OCH3 is 1. The highest BCUT2D eigenvalue weighted by Gasteiger charge is 2.36. The predicted octanol–water partition coefficient (Wildman–Crippen LogP) is 3.59. The van der Waals surface area contributed by atoms with E-state index in [1.54, 1.807) is 24.4 Å². The van der Waals surface area contributed by atoms with Gasteiger partial charge in [0.1, 0.15) is 5.69 Å². The number of halogens is 3. The topological polar surface area (TPSA) is 57.0 Å². The van der Waals surface area contributed by atoms with Crippen LogP contribution >= 0.6 is 0 Å².